The van der Waals surface area contributed by atoms with Gasteiger partial charge in [-0.3, -0.25) is 24.9 Å². The summed E-state index contributed by atoms with van der Waals surface area (Å²) < 4.78 is 1.73. The molecule has 1 N–H and O–H groups in total. The van der Waals surface area contributed by atoms with Crippen LogP contribution in [-0.2, 0) is 13.7 Å². The van der Waals surface area contributed by atoms with Crippen LogP contribution in [-0.4, -0.2) is 37.8 Å². The highest BCUT2D eigenvalue weighted by Gasteiger charge is 2.35. The number of aryl methyl sites for hydroxylation is 1. The molecule has 1 fully saturated rings. The molecule has 2 aromatic rings. The molecule has 0 spiro atoms. The summed E-state index contributed by atoms with van der Waals surface area (Å²) in [5.41, 5.74) is 0.960. The molecule has 0 unspecified atom stereocenters. The van der Waals surface area contributed by atoms with Crippen LogP contribution in [0.2, 0.25) is 0 Å². The van der Waals surface area contributed by atoms with E-state index in [0.717, 1.165) is 18.4 Å². The van der Waals surface area contributed by atoms with Crippen molar-refractivity contribution in [3.05, 3.63) is 55.4 Å². The average Bonchev–Trinajstić information content (AvgIpc) is 3.07. The van der Waals surface area contributed by atoms with E-state index < -0.39 is 16.5 Å². The molecule has 0 amide bonds. The molecular formula is C17H21N5O5. The summed E-state index contributed by atoms with van der Waals surface area (Å²) in [5.74, 6) is 0.269. The number of hydrogen-bond donors (Lipinski definition) is 1. The van der Waals surface area contributed by atoms with Gasteiger partial charge in [-0.2, -0.15) is 5.10 Å². The molecule has 1 saturated heterocycles. The Labute approximate surface area is 155 Å². The van der Waals surface area contributed by atoms with Crippen LogP contribution < -0.4 is 4.90 Å². The second kappa shape index (κ2) is 7.31. The van der Waals surface area contributed by atoms with Crippen LogP contribution in [0, 0.1) is 27.2 Å². The molecule has 1 aliphatic heterocycles. The van der Waals surface area contributed by atoms with Gasteiger partial charge in [-0.05, 0) is 36.8 Å². The average molecular weight is 375 g/mol. The van der Waals surface area contributed by atoms with E-state index in [2.05, 4.69) is 5.10 Å². The normalized spacial score (nSPS) is 15.1. The molecule has 1 aromatic carbocycles. The maximum Gasteiger partial charge on any atom is 0.302 e. The van der Waals surface area contributed by atoms with Crippen LogP contribution in [0.4, 0.5) is 17.1 Å². The molecule has 2 heterocycles. The summed E-state index contributed by atoms with van der Waals surface area (Å²) in [6.45, 7) is 1.97. The van der Waals surface area contributed by atoms with E-state index in [-0.39, 0.29) is 34.1 Å². The minimum atomic E-state index is -0.617. The van der Waals surface area contributed by atoms with Crippen LogP contribution >= 0.6 is 0 Å². The highest BCUT2D eigenvalue weighted by molar-refractivity contribution is 5.79. The molecule has 0 atom stereocenters. The van der Waals surface area contributed by atoms with Crippen molar-refractivity contribution in [1.82, 2.24) is 9.78 Å². The number of anilines is 1. The van der Waals surface area contributed by atoms with Gasteiger partial charge in [0, 0.05) is 38.0 Å². The van der Waals surface area contributed by atoms with Crippen LogP contribution in [0.5, 0.6) is 0 Å². The Bertz CT molecular complexity index is 886. The van der Waals surface area contributed by atoms with Crippen molar-refractivity contribution in [2.24, 2.45) is 7.05 Å². The second-order valence-corrected chi connectivity index (χ2v) is 6.76. The van der Waals surface area contributed by atoms with E-state index >= 15 is 0 Å². The number of aliphatic hydroxyl groups is 1. The number of aromatic nitrogens is 2. The van der Waals surface area contributed by atoms with E-state index in [0.29, 0.717) is 13.1 Å². The zero-order valence-corrected chi connectivity index (χ0v) is 15.2. The molecular weight excluding hydrogens is 354 g/mol. The summed E-state index contributed by atoms with van der Waals surface area (Å²) in [7, 11) is 1.84. The summed E-state index contributed by atoms with van der Waals surface area (Å²) in [5, 5.41) is 36.9. The van der Waals surface area contributed by atoms with Crippen LogP contribution in [0.25, 0.3) is 0 Å². The van der Waals surface area contributed by atoms with Gasteiger partial charge in [0.15, 0.2) is 5.69 Å². The Balaban J connectivity index is 1.97. The first-order valence-corrected chi connectivity index (χ1v) is 8.63. The first kappa shape index (κ1) is 18.8. The Hall–Kier alpha value is -3.01. The minimum Gasteiger partial charge on any atom is -0.392 e. The minimum absolute atomic E-state index is 0.0318. The lowest BCUT2D eigenvalue weighted by Gasteiger charge is -2.33. The molecule has 0 aliphatic carbocycles. The van der Waals surface area contributed by atoms with Crippen molar-refractivity contribution in [3.63, 3.8) is 0 Å². The summed E-state index contributed by atoms with van der Waals surface area (Å²) in [6, 6.07) is 1.24. The van der Waals surface area contributed by atoms with Crippen LogP contribution in [0.15, 0.2) is 18.5 Å². The fourth-order valence-corrected chi connectivity index (χ4v) is 3.72. The highest BCUT2D eigenvalue weighted by Crippen LogP contribution is 2.43. The van der Waals surface area contributed by atoms with Gasteiger partial charge in [-0.15, -0.1) is 0 Å². The van der Waals surface area contributed by atoms with Gasteiger partial charge in [0.1, 0.15) is 0 Å². The summed E-state index contributed by atoms with van der Waals surface area (Å²) in [4.78, 5) is 23.8. The first-order chi connectivity index (χ1) is 12.8. The van der Waals surface area contributed by atoms with Crippen molar-refractivity contribution in [3.8, 4) is 0 Å². The van der Waals surface area contributed by atoms with E-state index in [4.69, 9.17) is 0 Å². The van der Waals surface area contributed by atoms with Gasteiger partial charge in [0.25, 0.3) is 5.69 Å². The Morgan fingerprint density at radius 2 is 1.93 bits per heavy atom. The molecule has 10 heteroatoms. The maximum atomic E-state index is 11.7. The quantitative estimate of drug-likeness (QED) is 0.628. The zero-order chi connectivity index (χ0) is 19.7. The smallest absolute Gasteiger partial charge is 0.302 e. The molecule has 3 rings (SSSR count). The third kappa shape index (κ3) is 3.47. The lowest BCUT2D eigenvalue weighted by Crippen LogP contribution is -2.34. The number of aliphatic hydroxyl groups excluding tert-OH is 1. The third-order valence-electron chi connectivity index (χ3n) is 5.17. The van der Waals surface area contributed by atoms with Crippen molar-refractivity contribution in [1.29, 1.82) is 0 Å². The van der Waals surface area contributed by atoms with Crippen molar-refractivity contribution >= 4 is 17.1 Å². The number of benzene rings is 1. The largest absolute Gasteiger partial charge is 0.392 e. The molecule has 0 radical (unpaired) electrons. The van der Waals surface area contributed by atoms with Gasteiger partial charge in [0.05, 0.1) is 22.7 Å². The molecule has 10 nitrogen and oxygen atoms in total. The summed E-state index contributed by atoms with van der Waals surface area (Å²) >= 11 is 0. The van der Waals surface area contributed by atoms with Crippen molar-refractivity contribution < 1.29 is 15.0 Å². The van der Waals surface area contributed by atoms with Gasteiger partial charge >= 0.3 is 5.69 Å². The fraction of sp³-hybridized carbons (Fsp3) is 0.471. The molecule has 27 heavy (non-hydrogen) atoms. The molecule has 144 valence electrons. The topological polar surface area (TPSA) is 128 Å². The Kier molecular flexibility index (Phi) is 5.08. The van der Waals surface area contributed by atoms with Gasteiger partial charge in [-0.25, -0.2) is 0 Å². The lowest BCUT2D eigenvalue weighted by molar-refractivity contribution is -0.393. The first-order valence-electron chi connectivity index (χ1n) is 8.63. The predicted octanol–water partition coefficient (Wildman–Crippen LogP) is 2.42. The number of nitrogens with zero attached hydrogens (tertiary/aromatic N) is 5. The Morgan fingerprint density at radius 1 is 1.26 bits per heavy atom. The fourth-order valence-electron chi connectivity index (χ4n) is 3.72. The van der Waals surface area contributed by atoms with E-state index in [1.807, 2.05) is 19.4 Å². The van der Waals surface area contributed by atoms with Crippen molar-refractivity contribution in [2.45, 2.75) is 32.3 Å². The maximum absolute atomic E-state index is 11.7. The number of nitro groups is 2. The number of rotatable bonds is 5. The standard InChI is InChI=1S/C17H21N5O5/c1-11-13(10-23)7-15(21(24)25)17(16(11)22(26)27)20-5-3-12(4-6-20)14-8-18-19(2)9-14/h7-9,12,23H,3-6,10H2,1-2H3. The van der Waals surface area contributed by atoms with Gasteiger partial charge in [0.2, 0.25) is 0 Å². The molecule has 1 aromatic heterocycles. The van der Waals surface area contributed by atoms with Crippen LogP contribution in [0.3, 0.4) is 0 Å². The van der Waals surface area contributed by atoms with Gasteiger partial charge < -0.3 is 10.0 Å². The van der Waals surface area contributed by atoms with Crippen LogP contribution in [0.1, 0.15) is 35.4 Å². The van der Waals surface area contributed by atoms with Gasteiger partial charge in [-0.1, -0.05) is 0 Å². The zero-order valence-electron chi connectivity index (χ0n) is 15.2. The Morgan fingerprint density at radius 3 is 2.41 bits per heavy atom. The molecule has 0 saturated carbocycles. The SMILES string of the molecule is Cc1c(CO)cc([N+](=O)[O-])c(N2CCC(c3cnn(C)c3)CC2)c1[N+](=O)[O-]. The second-order valence-electron chi connectivity index (χ2n) is 6.76. The highest BCUT2D eigenvalue weighted by atomic mass is 16.6. The predicted molar refractivity (Wildman–Crippen MR) is 97.8 cm³/mol. The van der Waals surface area contributed by atoms with Crippen molar-refractivity contribution in [2.75, 3.05) is 18.0 Å². The van der Waals surface area contributed by atoms with E-state index in [1.165, 1.54) is 13.0 Å². The molecule has 0 bridgehead atoms. The third-order valence-corrected chi connectivity index (χ3v) is 5.17. The number of hydrogen-bond acceptors (Lipinski definition) is 7. The molecule has 1 aliphatic rings. The number of nitro benzene ring substituents is 2. The van der Waals surface area contributed by atoms with E-state index in [9.17, 15) is 25.3 Å². The monoisotopic (exact) mass is 375 g/mol. The lowest BCUT2D eigenvalue weighted by atomic mass is 9.90. The number of piperidine rings is 1. The van der Waals surface area contributed by atoms with E-state index in [1.54, 1.807) is 9.58 Å². The summed E-state index contributed by atoms with van der Waals surface area (Å²) in [6.07, 6.45) is 5.21.